The van der Waals surface area contributed by atoms with Crippen LogP contribution in [0.4, 0.5) is 0 Å². The smallest absolute Gasteiger partial charge is 0.112 e. The minimum Gasteiger partial charge on any atom is -0.393 e. The van der Waals surface area contributed by atoms with Gasteiger partial charge in [0.1, 0.15) is 6.04 Å². The molecule has 1 N–H and O–H groups in total. The summed E-state index contributed by atoms with van der Waals surface area (Å²) in [5, 5.41) is 18.0. The molecule has 1 aliphatic carbocycles. The summed E-state index contributed by atoms with van der Waals surface area (Å²) in [4.78, 5) is 0. The van der Waals surface area contributed by atoms with Gasteiger partial charge in [-0.15, -0.1) is 0 Å². The summed E-state index contributed by atoms with van der Waals surface area (Å²) in [6, 6.07) is 0.219. The summed E-state index contributed by atoms with van der Waals surface area (Å²) in [6.07, 6.45) is 3.42. The first-order valence-electron chi connectivity index (χ1n) is 5.89. The maximum atomic E-state index is 9.38. The van der Waals surface area contributed by atoms with Crippen molar-refractivity contribution in [2.75, 3.05) is 0 Å². The summed E-state index contributed by atoms with van der Waals surface area (Å²) in [7, 11) is 0. The van der Waals surface area contributed by atoms with Crippen molar-refractivity contribution in [1.29, 1.82) is 0 Å². The predicted molar refractivity (Wildman–Crippen MR) is 66.5 cm³/mol. The van der Waals surface area contributed by atoms with Gasteiger partial charge >= 0.3 is 0 Å². The first-order chi connectivity index (χ1) is 7.50. The fourth-order valence-electron chi connectivity index (χ4n) is 1.95. The Morgan fingerprint density at radius 3 is 2.06 bits per heavy atom. The molecule has 0 aromatic carbocycles. The quantitative estimate of drug-likeness (QED) is 0.576. The second-order valence-corrected chi connectivity index (χ2v) is 4.79. The number of rotatable bonds is 4. The highest BCUT2D eigenvalue weighted by atomic mass is 16.3. The third-order valence-electron chi connectivity index (χ3n) is 2.95. The molecule has 0 atom stereocenters. The number of nitrogens with zero attached hydrogens (tertiary/aromatic N) is 2. The van der Waals surface area contributed by atoms with Crippen LogP contribution >= 0.6 is 0 Å². The molecule has 0 aromatic rings. The van der Waals surface area contributed by atoms with Crippen molar-refractivity contribution in [3.63, 3.8) is 0 Å². The van der Waals surface area contributed by atoms with Crippen LogP contribution in [0.3, 0.4) is 0 Å². The average Bonchev–Trinajstić information content (AvgIpc) is 2.20. The van der Waals surface area contributed by atoms with Crippen molar-refractivity contribution in [1.82, 2.24) is 0 Å². The largest absolute Gasteiger partial charge is 0.393 e. The fourth-order valence-corrected chi connectivity index (χ4v) is 1.95. The molecule has 0 saturated heterocycles. The predicted octanol–water partition coefficient (Wildman–Crippen LogP) is 3.26. The minimum atomic E-state index is -0.135. The van der Waals surface area contributed by atoms with E-state index in [4.69, 9.17) is 0 Å². The van der Waals surface area contributed by atoms with E-state index in [1.54, 1.807) is 0 Å². The molecule has 90 valence electrons. The van der Waals surface area contributed by atoms with Gasteiger partial charge in [0, 0.05) is 0 Å². The lowest BCUT2D eigenvalue weighted by Crippen LogP contribution is -2.20. The topological polar surface area (TPSA) is 45.0 Å². The molecule has 0 bridgehead atoms. The van der Waals surface area contributed by atoms with Gasteiger partial charge in [0.25, 0.3) is 0 Å². The zero-order valence-electron chi connectivity index (χ0n) is 10.3. The Bertz CT molecular complexity index is 274. The average molecular weight is 222 g/mol. The summed E-state index contributed by atoms with van der Waals surface area (Å²) < 4.78 is 0. The molecule has 16 heavy (non-hydrogen) atoms. The molecule has 0 unspecified atom stereocenters. The zero-order chi connectivity index (χ0) is 12.1. The van der Waals surface area contributed by atoms with Crippen molar-refractivity contribution in [2.45, 2.75) is 57.7 Å². The highest BCUT2D eigenvalue weighted by Gasteiger charge is 2.19. The van der Waals surface area contributed by atoms with E-state index in [-0.39, 0.29) is 18.2 Å². The maximum Gasteiger partial charge on any atom is 0.112 e. The Balaban J connectivity index is 2.51. The SMILES string of the molecule is C=C(C)C(N=NC1CCC(O)CC1)C(=C)C. The normalized spacial score (nSPS) is 26.2. The third kappa shape index (κ3) is 3.89. The third-order valence-corrected chi connectivity index (χ3v) is 2.95. The molecule has 3 heteroatoms. The molecule has 1 rings (SSSR count). The van der Waals surface area contributed by atoms with Crippen LogP contribution in [0.25, 0.3) is 0 Å². The fraction of sp³-hybridized carbons (Fsp3) is 0.692. The second-order valence-electron chi connectivity index (χ2n) is 4.79. The van der Waals surface area contributed by atoms with Gasteiger partial charge in [-0.05, 0) is 39.5 Å². The van der Waals surface area contributed by atoms with Crippen LogP contribution in [-0.2, 0) is 0 Å². The Labute approximate surface area is 98.0 Å². The number of aliphatic hydroxyl groups excluding tert-OH is 1. The number of azo groups is 1. The van der Waals surface area contributed by atoms with Crippen LogP contribution in [0.2, 0.25) is 0 Å². The van der Waals surface area contributed by atoms with E-state index >= 15 is 0 Å². The van der Waals surface area contributed by atoms with E-state index in [1.165, 1.54) is 0 Å². The zero-order valence-corrected chi connectivity index (χ0v) is 10.3. The van der Waals surface area contributed by atoms with Gasteiger partial charge < -0.3 is 5.11 Å². The summed E-state index contributed by atoms with van der Waals surface area (Å²) in [6.45, 7) is 11.7. The van der Waals surface area contributed by atoms with Crippen molar-refractivity contribution in [3.8, 4) is 0 Å². The molecule has 1 fully saturated rings. The highest BCUT2D eigenvalue weighted by Crippen LogP contribution is 2.22. The molecule has 0 amide bonds. The molecule has 0 aromatic heterocycles. The summed E-state index contributed by atoms with van der Waals surface area (Å²) in [5.74, 6) is 0. The maximum absolute atomic E-state index is 9.38. The van der Waals surface area contributed by atoms with E-state index in [0.29, 0.717) is 0 Å². The van der Waals surface area contributed by atoms with Crippen LogP contribution in [-0.4, -0.2) is 23.3 Å². The number of hydrogen-bond donors (Lipinski definition) is 1. The van der Waals surface area contributed by atoms with Crippen LogP contribution in [0.1, 0.15) is 39.5 Å². The van der Waals surface area contributed by atoms with Crippen molar-refractivity contribution < 1.29 is 5.11 Å². The molecule has 0 spiro atoms. The molecule has 0 aliphatic heterocycles. The lowest BCUT2D eigenvalue weighted by Gasteiger charge is -2.22. The van der Waals surface area contributed by atoms with E-state index in [9.17, 15) is 5.11 Å². The summed E-state index contributed by atoms with van der Waals surface area (Å²) >= 11 is 0. The van der Waals surface area contributed by atoms with Crippen LogP contribution < -0.4 is 0 Å². The van der Waals surface area contributed by atoms with Gasteiger partial charge in [-0.1, -0.05) is 24.3 Å². The minimum absolute atomic E-state index is 0.0492. The monoisotopic (exact) mass is 222 g/mol. The van der Waals surface area contributed by atoms with Crippen LogP contribution in [0.5, 0.6) is 0 Å². The molecule has 3 nitrogen and oxygen atoms in total. The van der Waals surface area contributed by atoms with Gasteiger partial charge in [-0.3, -0.25) is 0 Å². The van der Waals surface area contributed by atoms with E-state index in [2.05, 4.69) is 23.4 Å². The first-order valence-corrected chi connectivity index (χ1v) is 5.89. The Kier molecular flexibility index (Phi) is 4.87. The molecule has 1 saturated carbocycles. The first kappa shape index (κ1) is 13.1. The highest BCUT2D eigenvalue weighted by molar-refractivity contribution is 5.17. The van der Waals surface area contributed by atoms with Crippen molar-refractivity contribution in [2.24, 2.45) is 10.2 Å². The van der Waals surface area contributed by atoms with Crippen LogP contribution in [0, 0.1) is 0 Å². The lowest BCUT2D eigenvalue weighted by molar-refractivity contribution is 0.122. The van der Waals surface area contributed by atoms with E-state index in [0.717, 1.165) is 36.8 Å². The van der Waals surface area contributed by atoms with Gasteiger partial charge in [-0.25, -0.2) is 0 Å². The van der Waals surface area contributed by atoms with Crippen molar-refractivity contribution in [3.05, 3.63) is 24.3 Å². The van der Waals surface area contributed by atoms with Gasteiger partial charge in [0.15, 0.2) is 0 Å². The van der Waals surface area contributed by atoms with E-state index < -0.39 is 0 Å². The number of aliphatic hydroxyl groups is 1. The van der Waals surface area contributed by atoms with Crippen molar-refractivity contribution >= 4 is 0 Å². The summed E-state index contributed by atoms with van der Waals surface area (Å²) in [5.41, 5.74) is 1.96. The Morgan fingerprint density at radius 1 is 1.12 bits per heavy atom. The van der Waals surface area contributed by atoms with Gasteiger partial charge in [-0.2, -0.15) is 10.2 Å². The lowest BCUT2D eigenvalue weighted by atomic mass is 9.94. The number of hydrogen-bond acceptors (Lipinski definition) is 3. The van der Waals surface area contributed by atoms with Gasteiger partial charge in [0.2, 0.25) is 0 Å². The molecule has 0 heterocycles. The van der Waals surface area contributed by atoms with Gasteiger partial charge in [0.05, 0.1) is 12.1 Å². The van der Waals surface area contributed by atoms with Crippen LogP contribution in [0.15, 0.2) is 34.5 Å². The molecule has 1 aliphatic rings. The molecular weight excluding hydrogens is 200 g/mol. The Morgan fingerprint density at radius 2 is 1.62 bits per heavy atom. The molecular formula is C13H22N2O. The standard InChI is InChI=1S/C13H22N2O/c1-9(2)13(10(3)4)15-14-11-5-7-12(16)8-6-11/h11-13,16H,1,3,5-8H2,2,4H3. The second kappa shape index (κ2) is 5.94. The Hall–Kier alpha value is -0.960. The van der Waals surface area contributed by atoms with E-state index in [1.807, 2.05) is 13.8 Å². The molecule has 0 radical (unpaired) electrons.